The lowest BCUT2D eigenvalue weighted by atomic mass is 10.2. The number of hydrazine groups is 1. The molecule has 0 aliphatic rings. The molecule has 3 rings (SSSR count). The van der Waals surface area contributed by atoms with E-state index in [0.29, 0.717) is 23.7 Å². The van der Waals surface area contributed by atoms with Gasteiger partial charge in [-0.05, 0) is 36.4 Å². The van der Waals surface area contributed by atoms with Gasteiger partial charge in [-0.3, -0.25) is 20.4 Å². The third kappa shape index (κ3) is 5.03. The Kier molecular flexibility index (Phi) is 6.91. The molecule has 146 valence electrons. The number of rotatable bonds is 7. The molecule has 2 amide bonds. The Morgan fingerprint density at radius 2 is 1.89 bits per heavy atom. The van der Waals surface area contributed by atoms with Gasteiger partial charge >= 0.3 is 0 Å². The Bertz CT molecular complexity index is 975. The van der Waals surface area contributed by atoms with Gasteiger partial charge in [0.25, 0.3) is 5.91 Å². The van der Waals surface area contributed by atoms with Crippen LogP contribution in [0.25, 0.3) is 11.0 Å². The lowest BCUT2D eigenvalue weighted by Gasteiger charge is -2.09. The fourth-order valence-electron chi connectivity index (χ4n) is 2.53. The first-order valence-corrected chi connectivity index (χ1v) is 9.86. The first kappa shape index (κ1) is 20.2. The number of nitrogens with zero attached hydrogens (tertiary/aromatic N) is 2. The zero-order chi connectivity index (χ0) is 19.9. The van der Waals surface area contributed by atoms with E-state index < -0.39 is 5.91 Å². The summed E-state index contributed by atoms with van der Waals surface area (Å²) in [4.78, 5) is 28.7. The van der Waals surface area contributed by atoms with Crippen molar-refractivity contribution in [2.24, 2.45) is 0 Å². The van der Waals surface area contributed by atoms with Crippen LogP contribution in [0.3, 0.4) is 0 Å². The van der Waals surface area contributed by atoms with E-state index in [1.54, 1.807) is 31.4 Å². The smallest absolute Gasteiger partial charge is 0.269 e. The highest BCUT2D eigenvalue weighted by Crippen LogP contribution is 2.23. The number of halogens is 1. The quantitative estimate of drug-likeness (QED) is 0.455. The number of methoxy groups -OCH3 is 1. The van der Waals surface area contributed by atoms with Crippen LogP contribution in [0.1, 0.15) is 10.4 Å². The van der Waals surface area contributed by atoms with Crippen molar-refractivity contribution >= 4 is 46.2 Å². The summed E-state index contributed by atoms with van der Waals surface area (Å²) in [6.07, 6.45) is 0. The maximum atomic E-state index is 12.1. The molecule has 7 nitrogen and oxygen atoms in total. The van der Waals surface area contributed by atoms with E-state index in [0.717, 1.165) is 16.2 Å². The SMILES string of the molecule is COCCn1c(SCC(=O)NNC(=O)c2ccc(Cl)cc2)nc2ccccc21. The number of fused-ring (bicyclic) bond motifs is 1. The molecule has 0 unspecified atom stereocenters. The van der Waals surface area contributed by atoms with Crippen LogP contribution in [-0.4, -0.2) is 40.8 Å². The monoisotopic (exact) mass is 418 g/mol. The average molecular weight is 419 g/mol. The Hall–Kier alpha value is -2.55. The Labute approximate surface area is 171 Å². The van der Waals surface area contributed by atoms with Gasteiger partial charge in [-0.15, -0.1) is 0 Å². The molecule has 0 atom stereocenters. The number of benzene rings is 2. The number of imidazole rings is 1. The third-order valence-corrected chi connectivity index (χ3v) is 5.12. The van der Waals surface area contributed by atoms with Crippen LogP contribution in [-0.2, 0) is 16.1 Å². The van der Waals surface area contributed by atoms with Gasteiger partial charge < -0.3 is 9.30 Å². The normalized spacial score (nSPS) is 10.8. The summed E-state index contributed by atoms with van der Waals surface area (Å²) in [5.74, 6) is -0.642. The minimum atomic E-state index is -0.414. The van der Waals surface area contributed by atoms with Crippen LogP contribution < -0.4 is 10.9 Å². The molecule has 2 aromatic carbocycles. The van der Waals surface area contributed by atoms with Crippen LogP contribution in [0.2, 0.25) is 5.02 Å². The molecule has 28 heavy (non-hydrogen) atoms. The van der Waals surface area contributed by atoms with Crippen molar-refractivity contribution in [3.05, 3.63) is 59.1 Å². The summed E-state index contributed by atoms with van der Waals surface area (Å²) in [7, 11) is 1.64. The number of amides is 2. The van der Waals surface area contributed by atoms with Crippen molar-refractivity contribution < 1.29 is 14.3 Å². The second kappa shape index (κ2) is 9.59. The second-order valence-electron chi connectivity index (χ2n) is 5.83. The van der Waals surface area contributed by atoms with Gasteiger partial charge in [0, 0.05) is 24.2 Å². The molecule has 0 aliphatic carbocycles. The maximum absolute atomic E-state index is 12.1. The predicted octanol–water partition coefficient (Wildman–Crippen LogP) is 2.89. The summed E-state index contributed by atoms with van der Waals surface area (Å²) in [6, 6.07) is 14.2. The fraction of sp³-hybridized carbons (Fsp3) is 0.211. The largest absolute Gasteiger partial charge is 0.383 e. The summed E-state index contributed by atoms with van der Waals surface area (Å²) in [6.45, 7) is 1.17. The minimum Gasteiger partial charge on any atom is -0.383 e. The van der Waals surface area contributed by atoms with E-state index in [1.165, 1.54) is 11.8 Å². The summed E-state index contributed by atoms with van der Waals surface area (Å²) >= 11 is 7.09. The van der Waals surface area contributed by atoms with Crippen molar-refractivity contribution in [3.8, 4) is 0 Å². The number of carbonyl (C=O) groups is 2. The molecule has 0 spiro atoms. The van der Waals surface area contributed by atoms with E-state index in [1.807, 2.05) is 28.8 Å². The number of hydrogen-bond donors (Lipinski definition) is 2. The maximum Gasteiger partial charge on any atom is 0.269 e. The average Bonchev–Trinajstić information content (AvgIpc) is 3.07. The number of aromatic nitrogens is 2. The Morgan fingerprint density at radius 1 is 1.14 bits per heavy atom. The predicted molar refractivity (Wildman–Crippen MR) is 109 cm³/mol. The molecule has 2 N–H and O–H groups in total. The molecule has 0 aliphatic heterocycles. The van der Waals surface area contributed by atoms with Crippen molar-refractivity contribution in [1.82, 2.24) is 20.4 Å². The van der Waals surface area contributed by atoms with Gasteiger partial charge in [0.2, 0.25) is 5.91 Å². The second-order valence-corrected chi connectivity index (χ2v) is 7.20. The van der Waals surface area contributed by atoms with E-state index in [4.69, 9.17) is 16.3 Å². The van der Waals surface area contributed by atoms with Crippen LogP contribution in [0, 0.1) is 0 Å². The molecule has 0 bridgehead atoms. The summed E-state index contributed by atoms with van der Waals surface area (Å²) in [5.41, 5.74) is 7.04. The highest BCUT2D eigenvalue weighted by Gasteiger charge is 2.13. The van der Waals surface area contributed by atoms with E-state index in [9.17, 15) is 9.59 Å². The van der Waals surface area contributed by atoms with Gasteiger partial charge in [0.05, 0.1) is 23.4 Å². The highest BCUT2D eigenvalue weighted by molar-refractivity contribution is 7.99. The van der Waals surface area contributed by atoms with E-state index >= 15 is 0 Å². The molecule has 9 heteroatoms. The number of ether oxygens (including phenoxy) is 1. The van der Waals surface area contributed by atoms with Gasteiger partial charge in [0.15, 0.2) is 5.16 Å². The molecular weight excluding hydrogens is 400 g/mol. The molecule has 0 fully saturated rings. The molecule has 1 heterocycles. The molecule has 0 saturated heterocycles. The third-order valence-electron chi connectivity index (χ3n) is 3.89. The van der Waals surface area contributed by atoms with E-state index in [2.05, 4.69) is 15.8 Å². The van der Waals surface area contributed by atoms with Gasteiger partial charge in [-0.25, -0.2) is 4.98 Å². The number of nitrogens with one attached hydrogen (secondary N) is 2. The molecule has 0 saturated carbocycles. The molecular formula is C19H19ClN4O3S. The number of para-hydroxylation sites is 2. The van der Waals surface area contributed by atoms with Crippen LogP contribution in [0.15, 0.2) is 53.7 Å². The zero-order valence-corrected chi connectivity index (χ0v) is 16.7. The standard InChI is InChI=1S/C19H19ClN4O3S/c1-27-11-10-24-16-5-3-2-4-15(16)21-19(24)28-12-17(25)22-23-18(26)13-6-8-14(20)9-7-13/h2-9H,10-12H2,1H3,(H,22,25)(H,23,26). The summed E-state index contributed by atoms with van der Waals surface area (Å²) in [5, 5.41) is 1.26. The number of hydrogen-bond acceptors (Lipinski definition) is 5. The molecule has 3 aromatic rings. The van der Waals surface area contributed by atoms with Gasteiger partial charge in [-0.1, -0.05) is 35.5 Å². The minimum absolute atomic E-state index is 0.108. The molecule has 0 radical (unpaired) electrons. The fourth-order valence-corrected chi connectivity index (χ4v) is 3.50. The topological polar surface area (TPSA) is 85.2 Å². The van der Waals surface area contributed by atoms with Gasteiger partial charge in [-0.2, -0.15) is 0 Å². The lowest BCUT2D eigenvalue weighted by molar-refractivity contribution is -0.119. The Balaban J connectivity index is 1.58. The van der Waals surface area contributed by atoms with Gasteiger partial charge in [0.1, 0.15) is 0 Å². The van der Waals surface area contributed by atoms with Crippen LogP contribution >= 0.6 is 23.4 Å². The zero-order valence-electron chi connectivity index (χ0n) is 15.1. The lowest BCUT2D eigenvalue weighted by Crippen LogP contribution is -2.42. The summed E-state index contributed by atoms with van der Waals surface area (Å²) < 4.78 is 7.18. The first-order valence-electron chi connectivity index (χ1n) is 8.50. The number of carbonyl (C=O) groups excluding carboxylic acids is 2. The Morgan fingerprint density at radius 3 is 2.64 bits per heavy atom. The highest BCUT2D eigenvalue weighted by atomic mass is 35.5. The molecule has 1 aromatic heterocycles. The van der Waals surface area contributed by atoms with Crippen LogP contribution in [0.5, 0.6) is 0 Å². The van der Waals surface area contributed by atoms with E-state index in [-0.39, 0.29) is 11.7 Å². The van der Waals surface area contributed by atoms with Crippen molar-refractivity contribution in [3.63, 3.8) is 0 Å². The van der Waals surface area contributed by atoms with Crippen molar-refractivity contribution in [2.75, 3.05) is 19.5 Å². The van der Waals surface area contributed by atoms with Crippen molar-refractivity contribution in [1.29, 1.82) is 0 Å². The number of thioether (sulfide) groups is 1. The van der Waals surface area contributed by atoms with Crippen molar-refractivity contribution in [2.45, 2.75) is 11.7 Å². The first-order chi connectivity index (χ1) is 13.6. The van der Waals surface area contributed by atoms with Crippen LogP contribution in [0.4, 0.5) is 0 Å².